The minimum absolute atomic E-state index is 0.0841. The van der Waals surface area contributed by atoms with Crippen LogP contribution in [0.5, 0.6) is 0 Å². The van der Waals surface area contributed by atoms with Crippen molar-refractivity contribution in [1.82, 2.24) is 31.5 Å². The van der Waals surface area contributed by atoms with Crippen molar-refractivity contribution in [3.63, 3.8) is 0 Å². The van der Waals surface area contributed by atoms with Gasteiger partial charge in [0, 0.05) is 38.8 Å². The summed E-state index contributed by atoms with van der Waals surface area (Å²) in [6.45, 7) is 13.0. The van der Waals surface area contributed by atoms with Gasteiger partial charge in [-0.25, -0.2) is 0 Å². The van der Waals surface area contributed by atoms with Crippen LogP contribution in [0.25, 0.3) is 0 Å². The van der Waals surface area contributed by atoms with E-state index in [4.69, 9.17) is 0 Å². The number of carbonyl (C=O) groups excluding carboxylic acids is 7. The average molecular weight is 725 g/mol. The second-order valence-corrected chi connectivity index (χ2v) is 14.9. The maximum absolute atomic E-state index is 14.4. The van der Waals surface area contributed by atoms with Gasteiger partial charge in [0.1, 0.15) is 24.2 Å². The normalized spacial score (nSPS) is 25.8. The van der Waals surface area contributed by atoms with Gasteiger partial charge in [-0.05, 0) is 49.0 Å². The van der Waals surface area contributed by atoms with Crippen LogP contribution in [0.15, 0.2) is 30.3 Å². The summed E-state index contributed by atoms with van der Waals surface area (Å²) >= 11 is 0. The molecule has 0 bridgehead atoms. The minimum Gasteiger partial charge on any atom is -0.354 e. The first-order valence-electron chi connectivity index (χ1n) is 19.0. The highest BCUT2D eigenvalue weighted by Gasteiger charge is 2.41. The molecular weight excluding hydrogens is 664 g/mol. The first-order chi connectivity index (χ1) is 24.7. The van der Waals surface area contributed by atoms with Crippen LogP contribution in [0, 0.1) is 23.7 Å². The summed E-state index contributed by atoms with van der Waals surface area (Å²) in [6.07, 6.45) is 2.74. The van der Waals surface area contributed by atoms with E-state index in [9.17, 15) is 33.6 Å². The monoisotopic (exact) mass is 724 g/mol. The number of hydrogen-bond donors (Lipinski definition) is 5. The van der Waals surface area contributed by atoms with Crippen LogP contribution in [-0.2, 0) is 40.0 Å². The molecule has 8 atom stereocenters. The molecule has 2 aliphatic rings. The molecule has 5 N–H and O–H groups in total. The molecule has 13 heteroatoms. The smallest absolute Gasteiger partial charge is 0.246 e. The Balaban J connectivity index is 2.04. The van der Waals surface area contributed by atoms with Crippen LogP contribution in [0.4, 0.5) is 0 Å². The third-order valence-electron chi connectivity index (χ3n) is 10.6. The highest BCUT2D eigenvalue weighted by Crippen LogP contribution is 2.27. The molecule has 6 amide bonds. The van der Waals surface area contributed by atoms with Gasteiger partial charge < -0.3 is 31.5 Å². The molecule has 0 radical (unpaired) electrons. The van der Waals surface area contributed by atoms with Gasteiger partial charge in [-0.1, -0.05) is 84.7 Å². The van der Waals surface area contributed by atoms with Gasteiger partial charge in [-0.2, -0.15) is 0 Å². The molecule has 13 nitrogen and oxygen atoms in total. The van der Waals surface area contributed by atoms with Crippen molar-refractivity contribution in [2.24, 2.45) is 23.7 Å². The lowest BCUT2D eigenvalue weighted by molar-refractivity contribution is -0.142. The van der Waals surface area contributed by atoms with Crippen molar-refractivity contribution >= 4 is 41.2 Å². The van der Waals surface area contributed by atoms with Gasteiger partial charge in [0.25, 0.3) is 0 Å². The Bertz CT molecular complexity index is 1420. The molecule has 0 spiro atoms. The van der Waals surface area contributed by atoms with Crippen LogP contribution in [0.2, 0.25) is 0 Å². The number of nitrogens with zero attached hydrogens (tertiary/aromatic N) is 1. The first kappa shape index (κ1) is 42.1. The van der Waals surface area contributed by atoms with E-state index in [1.54, 1.807) is 13.8 Å². The van der Waals surface area contributed by atoms with Crippen molar-refractivity contribution in [2.45, 2.75) is 130 Å². The SMILES string of the molecule is CCC(C)C1CC(=O)C2CCCN2C(=O)C(Cc2ccccc2)NC(=O)C(NC(=O)C(NC(C)=O)C(C)C)CCCNC(=O)C(C(C)CC)NC1=O. The zero-order valence-electron chi connectivity index (χ0n) is 32.0. The van der Waals surface area contributed by atoms with Crippen LogP contribution >= 0.6 is 0 Å². The number of ketones is 1. The molecule has 8 unspecified atom stereocenters. The molecule has 0 aromatic heterocycles. The quantitative estimate of drug-likeness (QED) is 0.246. The van der Waals surface area contributed by atoms with Gasteiger partial charge in [0.05, 0.1) is 6.04 Å². The second-order valence-electron chi connectivity index (χ2n) is 14.9. The lowest BCUT2D eigenvalue weighted by Gasteiger charge is -2.32. The molecule has 2 fully saturated rings. The highest BCUT2D eigenvalue weighted by molar-refractivity contribution is 5.97. The zero-order chi connectivity index (χ0) is 38.5. The van der Waals surface area contributed by atoms with E-state index in [2.05, 4.69) is 26.6 Å². The Morgan fingerprint density at radius 1 is 0.865 bits per heavy atom. The van der Waals surface area contributed by atoms with Crippen LogP contribution < -0.4 is 26.6 Å². The molecule has 2 saturated heterocycles. The third kappa shape index (κ3) is 11.6. The van der Waals surface area contributed by atoms with Gasteiger partial charge in [-0.3, -0.25) is 33.6 Å². The lowest BCUT2D eigenvalue weighted by atomic mass is 9.84. The van der Waals surface area contributed by atoms with E-state index >= 15 is 0 Å². The molecular formula is C39H60N6O7. The van der Waals surface area contributed by atoms with E-state index in [1.165, 1.54) is 11.8 Å². The fourth-order valence-corrected chi connectivity index (χ4v) is 6.95. The van der Waals surface area contributed by atoms with Crippen molar-refractivity contribution in [2.75, 3.05) is 13.1 Å². The van der Waals surface area contributed by atoms with Crippen LogP contribution in [-0.4, -0.2) is 89.4 Å². The summed E-state index contributed by atoms with van der Waals surface area (Å²) in [5.74, 6) is -4.25. The second kappa shape index (κ2) is 20.1. The predicted molar refractivity (Wildman–Crippen MR) is 197 cm³/mol. The molecule has 1 aromatic carbocycles. The Morgan fingerprint density at radius 2 is 1.54 bits per heavy atom. The lowest BCUT2D eigenvalue weighted by Crippen LogP contribution is -2.59. The standard InChI is InChI=1S/C39H60N6O7/c1-8-24(5)28-22-32(47)31-18-14-20-45(31)39(52)30(21-27-15-11-10-12-16-27)43-36(49)29(42-38(51)33(23(3)4)41-26(7)46)17-13-19-40-37(50)34(25(6)9-2)44-35(28)48/h10-12,15-16,23-25,28-31,33-34H,8-9,13-14,17-22H2,1-7H3,(H,40,50)(H,41,46)(H,42,51)(H,43,49)(H,44,48). The summed E-state index contributed by atoms with van der Waals surface area (Å²) < 4.78 is 0. The summed E-state index contributed by atoms with van der Waals surface area (Å²) in [7, 11) is 0. The zero-order valence-corrected chi connectivity index (χ0v) is 32.0. The maximum atomic E-state index is 14.4. The fourth-order valence-electron chi connectivity index (χ4n) is 6.95. The van der Waals surface area contributed by atoms with Crippen LogP contribution in [0.3, 0.4) is 0 Å². The number of carbonyl (C=O) groups is 7. The molecule has 0 saturated carbocycles. The van der Waals surface area contributed by atoms with E-state index in [1.807, 2.05) is 58.0 Å². The summed E-state index contributed by atoms with van der Waals surface area (Å²) in [5.41, 5.74) is 0.795. The molecule has 1 aromatic rings. The molecule has 0 aliphatic carbocycles. The number of Topliss-reactive ketones (excluding diaryl/α,β-unsaturated/α-hetero) is 1. The largest absolute Gasteiger partial charge is 0.354 e. The highest BCUT2D eigenvalue weighted by atomic mass is 16.2. The van der Waals surface area contributed by atoms with E-state index in [0.29, 0.717) is 32.2 Å². The summed E-state index contributed by atoms with van der Waals surface area (Å²) in [4.78, 5) is 96.8. The Labute approximate surface area is 308 Å². The third-order valence-corrected chi connectivity index (χ3v) is 10.6. The van der Waals surface area contributed by atoms with Crippen molar-refractivity contribution in [1.29, 1.82) is 0 Å². The number of hydrogen-bond acceptors (Lipinski definition) is 7. The Hall–Kier alpha value is -4.29. The van der Waals surface area contributed by atoms with E-state index in [-0.39, 0.29) is 67.6 Å². The molecule has 2 aliphatic heterocycles. The van der Waals surface area contributed by atoms with Crippen molar-refractivity contribution in [3.05, 3.63) is 35.9 Å². The van der Waals surface area contributed by atoms with Gasteiger partial charge in [-0.15, -0.1) is 0 Å². The number of nitrogens with one attached hydrogen (secondary N) is 5. The van der Waals surface area contributed by atoms with Crippen molar-refractivity contribution < 1.29 is 33.6 Å². The Kier molecular flexibility index (Phi) is 16.3. The summed E-state index contributed by atoms with van der Waals surface area (Å²) in [6, 6.07) is 4.54. The topological polar surface area (TPSA) is 183 Å². The molecule has 288 valence electrons. The Morgan fingerprint density at radius 3 is 2.15 bits per heavy atom. The first-order valence-corrected chi connectivity index (χ1v) is 19.0. The number of benzene rings is 1. The van der Waals surface area contributed by atoms with Gasteiger partial charge >= 0.3 is 0 Å². The number of amides is 6. The van der Waals surface area contributed by atoms with Gasteiger partial charge in [0.2, 0.25) is 35.4 Å². The van der Waals surface area contributed by atoms with Gasteiger partial charge in [0.15, 0.2) is 5.78 Å². The van der Waals surface area contributed by atoms with Crippen LogP contribution in [0.1, 0.15) is 99.0 Å². The average Bonchev–Trinajstić information content (AvgIpc) is 3.61. The number of fused-ring (bicyclic) bond motifs is 1. The van der Waals surface area contributed by atoms with E-state index < -0.39 is 59.8 Å². The van der Waals surface area contributed by atoms with Crippen molar-refractivity contribution in [3.8, 4) is 0 Å². The summed E-state index contributed by atoms with van der Waals surface area (Å²) in [5, 5.41) is 14.2. The molecule has 52 heavy (non-hydrogen) atoms. The molecule has 3 rings (SSSR count). The fraction of sp³-hybridized carbons (Fsp3) is 0.667. The predicted octanol–water partition coefficient (Wildman–Crippen LogP) is 2.41. The van der Waals surface area contributed by atoms with E-state index in [0.717, 1.165) is 5.56 Å². The number of rotatable bonds is 10. The maximum Gasteiger partial charge on any atom is 0.246 e. The molecule has 2 heterocycles. The minimum atomic E-state index is -1.11.